The molecule has 22 heteroatoms. The molecule has 0 amide bonds. The summed E-state index contributed by atoms with van der Waals surface area (Å²) < 4.78 is 48.1. The van der Waals surface area contributed by atoms with Gasteiger partial charge in [-0.05, 0) is 104 Å². The highest BCUT2D eigenvalue weighted by Gasteiger charge is 2.69. The lowest BCUT2D eigenvalue weighted by molar-refractivity contribution is -0.395. The molecule has 0 bridgehead atoms. The summed E-state index contributed by atoms with van der Waals surface area (Å²) >= 11 is 0. The summed E-state index contributed by atoms with van der Waals surface area (Å²) in [5.41, 5.74) is 0.154. The van der Waals surface area contributed by atoms with E-state index in [1.54, 1.807) is 6.92 Å². The molecule has 14 N–H and O–H groups in total. The molecule has 0 radical (unpaired) electrons. The fourth-order valence-corrected chi connectivity index (χ4v) is 15.9. The van der Waals surface area contributed by atoms with Gasteiger partial charge in [-0.15, -0.1) is 0 Å². The van der Waals surface area contributed by atoms with Crippen molar-refractivity contribution in [1.29, 1.82) is 0 Å². The van der Waals surface area contributed by atoms with E-state index >= 15 is 0 Å². The molecule has 3 saturated carbocycles. The number of allylic oxidation sites excluding steroid dienone is 3. The van der Waals surface area contributed by atoms with E-state index in [1.165, 1.54) is 18.1 Å². The summed E-state index contributed by atoms with van der Waals surface area (Å²) in [6, 6.07) is 0. The van der Waals surface area contributed by atoms with Gasteiger partial charge in [-0.3, -0.25) is 0 Å². The zero-order chi connectivity index (χ0) is 55.6. The fourth-order valence-electron chi connectivity index (χ4n) is 15.9. The minimum absolute atomic E-state index is 0.00989. The maximum absolute atomic E-state index is 11.9. The Morgan fingerprint density at radius 1 is 0.539 bits per heavy atom. The first-order valence-corrected chi connectivity index (χ1v) is 27.5. The van der Waals surface area contributed by atoms with Crippen LogP contribution >= 0.6 is 0 Å². The predicted molar refractivity (Wildman–Crippen MR) is 263 cm³/mol. The zero-order valence-corrected chi connectivity index (χ0v) is 45.0. The summed E-state index contributed by atoms with van der Waals surface area (Å²) in [6.07, 6.45) is -23.9. The summed E-state index contributed by atoms with van der Waals surface area (Å²) in [4.78, 5) is 0. The van der Waals surface area contributed by atoms with Crippen molar-refractivity contribution in [2.45, 2.75) is 242 Å². The molecule has 29 atom stereocenters. The van der Waals surface area contributed by atoms with Crippen molar-refractivity contribution in [3.63, 3.8) is 0 Å². The lowest BCUT2D eigenvalue weighted by Crippen LogP contribution is -2.68. The lowest BCUT2D eigenvalue weighted by Gasteiger charge is -2.70. The monoisotopic (exact) mass is 1090 g/mol. The van der Waals surface area contributed by atoms with E-state index in [1.807, 2.05) is 6.92 Å². The van der Waals surface area contributed by atoms with Gasteiger partial charge in [-0.25, -0.2) is 0 Å². The van der Waals surface area contributed by atoms with Gasteiger partial charge in [0, 0.05) is 10.8 Å². The number of rotatable bonds is 12. The van der Waals surface area contributed by atoms with Gasteiger partial charge in [0.05, 0.1) is 50.8 Å². The molecule has 4 aliphatic heterocycles. The maximum Gasteiger partial charge on any atom is 0.187 e. The Morgan fingerprint density at radius 3 is 1.75 bits per heavy atom. The second kappa shape index (κ2) is 21.4. The standard InChI is InChI=1S/C54H88O22/c1-23-33(60)36(63)39(66)45(69-23)74-42-28(20-56)72-46(40(67)38(42)65)75-43-35(62)27(19-55)71-47(41(43)68)76-44-37(64)34(61)24(2)70-48(44)73-32-12-13-50(5)29(51(32,6)21-57)11-14-53(8)30(50)10-9-25-26-17-49(3,4)31(59)18-54(26,22-58)16-15-52(25,53)7/h9-10,23-24,27-48,55-68H,11-22H2,1-8H3/t23-,24-,27-,28+,29-,30+,31+,32-,33-,34-,35-,36+,37+,38+,39-,40+,41-,42+,43+,44-,45+,46-,47+,48+,50-,51-,52+,53+,54-/m0/s1. The van der Waals surface area contributed by atoms with Gasteiger partial charge in [0.1, 0.15) is 85.5 Å². The lowest BCUT2D eigenvalue weighted by atomic mass is 9.35. The Kier molecular flexibility index (Phi) is 16.7. The molecule has 0 unspecified atom stereocenters. The molecule has 9 aliphatic rings. The van der Waals surface area contributed by atoms with E-state index in [2.05, 4.69) is 46.8 Å². The van der Waals surface area contributed by atoms with Crippen LogP contribution in [-0.4, -0.2) is 233 Å². The highest BCUT2D eigenvalue weighted by atomic mass is 16.8. The van der Waals surface area contributed by atoms with Crippen LogP contribution in [0.3, 0.4) is 0 Å². The third-order valence-corrected chi connectivity index (χ3v) is 21.2. The highest BCUT2D eigenvalue weighted by molar-refractivity contribution is 5.46. The smallest absolute Gasteiger partial charge is 0.187 e. The number of ether oxygens (including phenoxy) is 8. The molecule has 76 heavy (non-hydrogen) atoms. The Morgan fingerprint density at radius 2 is 1.11 bits per heavy atom. The predicted octanol–water partition coefficient (Wildman–Crippen LogP) is -1.64. The van der Waals surface area contributed by atoms with Crippen molar-refractivity contribution >= 4 is 0 Å². The van der Waals surface area contributed by atoms with Gasteiger partial charge in [-0.1, -0.05) is 59.3 Å². The maximum atomic E-state index is 11.9. The molecular weight excluding hydrogens is 1000 g/mol. The van der Waals surface area contributed by atoms with Crippen LogP contribution in [0, 0.1) is 44.3 Å². The molecule has 436 valence electrons. The summed E-state index contributed by atoms with van der Waals surface area (Å²) in [5, 5.41) is 154. The summed E-state index contributed by atoms with van der Waals surface area (Å²) in [7, 11) is 0. The molecule has 0 aromatic rings. The Labute approximate surface area is 444 Å². The molecule has 4 heterocycles. The summed E-state index contributed by atoms with van der Waals surface area (Å²) in [6.45, 7) is 14.3. The molecule has 9 rings (SSSR count). The van der Waals surface area contributed by atoms with Crippen molar-refractivity contribution in [2.75, 3.05) is 26.4 Å². The van der Waals surface area contributed by atoms with Crippen molar-refractivity contribution in [3.8, 4) is 0 Å². The van der Waals surface area contributed by atoms with Crippen molar-refractivity contribution < 1.29 is 109 Å². The molecule has 0 spiro atoms. The van der Waals surface area contributed by atoms with Crippen molar-refractivity contribution in [2.24, 2.45) is 44.3 Å². The van der Waals surface area contributed by atoms with Crippen LogP contribution in [-0.2, 0) is 37.9 Å². The second-order valence-electron chi connectivity index (χ2n) is 25.8. The van der Waals surface area contributed by atoms with Crippen molar-refractivity contribution in [1.82, 2.24) is 0 Å². The first-order valence-electron chi connectivity index (χ1n) is 27.5. The number of hydrogen-bond acceptors (Lipinski definition) is 22. The van der Waals surface area contributed by atoms with Crippen LogP contribution < -0.4 is 0 Å². The van der Waals surface area contributed by atoms with Crippen LogP contribution in [0.25, 0.3) is 0 Å². The van der Waals surface area contributed by atoms with Gasteiger partial charge in [-0.2, -0.15) is 0 Å². The van der Waals surface area contributed by atoms with E-state index in [0.717, 1.165) is 25.7 Å². The largest absolute Gasteiger partial charge is 0.396 e. The first kappa shape index (κ1) is 59.2. The number of fused-ring (bicyclic) bond motifs is 6. The Bertz CT molecular complexity index is 2110. The average molecular weight is 1090 g/mol. The van der Waals surface area contributed by atoms with Crippen LogP contribution in [0.1, 0.15) is 107 Å². The minimum Gasteiger partial charge on any atom is -0.396 e. The Hall–Kier alpha value is -1.40. The van der Waals surface area contributed by atoms with E-state index in [4.69, 9.17) is 37.9 Å². The third-order valence-electron chi connectivity index (χ3n) is 21.2. The molecular formula is C54H88O22. The Balaban J connectivity index is 0.930. The third kappa shape index (κ3) is 9.34. The van der Waals surface area contributed by atoms with E-state index in [9.17, 15) is 71.5 Å². The molecule has 5 aliphatic carbocycles. The SMILES string of the molecule is C[C@@H]1O[C@H](O[C@H]2[C@H](O)[C@@H](O)[C@H](O[C@H]3[C@H](O)[C@@H](O[C@@H]4[C@@H](O[C@H]5CC[C@@]6(C)[C@H](CC[C@]7(C)[C@@H]6C=CC6=C8CC(C)(C)[C@H](O)C[C@]8(CO)CC[C@]67C)[C@]5(C)CO)O[C@@H](C)[C@H](O)[C@H]4O)O[C@@H](CO)[C@@H]3O)O[C@@H]2CO)[C@@H](O)[C@H](O)[C@H]1O. The van der Waals surface area contributed by atoms with Crippen LogP contribution in [0.2, 0.25) is 0 Å². The quantitative estimate of drug-likeness (QED) is 0.0975. The topological polar surface area (TPSA) is 357 Å². The number of aliphatic hydroxyl groups excluding tert-OH is 14. The molecule has 0 aromatic carbocycles. The van der Waals surface area contributed by atoms with Gasteiger partial charge in [0.15, 0.2) is 25.2 Å². The van der Waals surface area contributed by atoms with Gasteiger partial charge in [0.2, 0.25) is 0 Å². The second-order valence-corrected chi connectivity index (χ2v) is 25.8. The van der Waals surface area contributed by atoms with Gasteiger partial charge in [0.25, 0.3) is 0 Å². The van der Waals surface area contributed by atoms with Crippen LogP contribution in [0.15, 0.2) is 23.3 Å². The van der Waals surface area contributed by atoms with Crippen LogP contribution in [0.5, 0.6) is 0 Å². The van der Waals surface area contributed by atoms with Gasteiger partial charge < -0.3 is 109 Å². The number of hydrogen-bond donors (Lipinski definition) is 14. The minimum atomic E-state index is -2.03. The normalized spacial score (nSPS) is 55.3. The van der Waals surface area contributed by atoms with E-state index < -0.39 is 159 Å². The van der Waals surface area contributed by atoms with Gasteiger partial charge >= 0.3 is 0 Å². The molecule has 4 saturated heterocycles. The fraction of sp³-hybridized carbons (Fsp3) is 0.926. The molecule has 7 fully saturated rings. The highest BCUT2D eigenvalue weighted by Crippen LogP contribution is 2.74. The van der Waals surface area contributed by atoms with E-state index in [0.29, 0.717) is 25.7 Å². The molecule has 0 aromatic heterocycles. The van der Waals surface area contributed by atoms with Crippen LogP contribution in [0.4, 0.5) is 0 Å². The number of aliphatic hydroxyl groups is 14. The summed E-state index contributed by atoms with van der Waals surface area (Å²) in [5.74, 6) is 0.0310. The van der Waals surface area contributed by atoms with Crippen molar-refractivity contribution in [3.05, 3.63) is 23.3 Å². The first-order chi connectivity index (χ1) is 35.6. The zero-order valence-electron chi connectivity index (χ0n) is 45.0. The van der Waals surface area contributed by atoms with E-state index in [-0.39, 0.29) is 46.7 Å². The average Bonchev–Trinajstić information content (AvgIpc) is 3.58. The molecule has 22 nitrogen and oxygen atoms in total.